The molecule has 0 aromatic heterocycles. The molecule has 0 radical (unpaired) electrons. The number of carbonyl (C=O) groups is 3. The zero-order chi connectivity index (χ0) is 22.1. The maximum atomic E-state index is 14.7. The summed E-state index contributed by atoms with van der Waals surface area (Å²) in [4.78, 5) is 40.0. The third-order valence-corrected chi connectivity index (χ3v) is 5.33. The summed E-state index contributed by atoms with van der Waals surface area (Å²) in [7, 11) is 0. The molecule has 1 unspecified atom stereocenters. The molecule has 0 spiro atoms. The van der Waals surface area contributed by atoms with Crippen LogP contribution < -0.4 is 5.32 Å². The van der Waals surface area contributed by atoms with Crippen LogP contribution in [-0.2, 0) is 9.53 Å². The molecule has 30 heavy (non-hydrogen) atoms. The molecule has 2 heterocycles. The van der Waals surface area contributed by atoms with E-state index in [-0.39, 0.29) is 37.1 Å². The molecule has 2 atom stereocenters. The van der Waals surface area contributed by atoms with Gasteiger partial charge in [0.15, 0.2) is 0 Å². The second-order valence-electron chi connectivity index (χ2n) is 8.66. The molecule has 1 aromatic rings. The van der Waals surface area contributed by atoms with Gasteiger partial charge in [-0.2, -0.15) is 0 Å². The van der Waals surface area contributed by atoms with Crippen LogP contribution in [-0.4, -0.2) is 77.7 Å². The van der Waals surface area contributed by atoms with Gasteiger partial charge in [0.05, 0.1) is 11.5 Å². The van der Waals surface area contributed by atoms with E-state index < -0.39 is 29.3 Å². The minimum absolute atomic E-state index is 0.0802. The van der Waals surface area contributed by atoms with Crippen molar-refractivity contribution in [3.8, 4) is 0 Å². The molecule has 0 aliphatic carbocycles. The molecule has 2 fully saturated rings. The van der Waals surface area contributed by atoms with Crippen LogP contribution in [0.4, 0.5) is 9.18 Å². The second kappa shape index (κ2) is 8.59. The number of aliphatic hydroxyl groups is 1. The zero-order valence-electron chi connectivity index (χ0n) is 17.5. The second-order valence-corrected chi connectivity index (χ2v) is 8.66. The average Bonchev–Trinajstić information content (AvgIpc) is 3.06. The number of rotatable bonds is 3. The van der Waals surface area contributed by atoms with Crippen molar-refractivity contribution in [2.24, 2.45) is 5.92 Å². The van der Waals surface area contributed by atoms with Gasteiger partial charge in [0, 0.05) is 45.2 Å². The quantitative estimate of drug-likeness (QED) is 0.768. The summed E-state index contributed by atoms with van der Waals surface area (Å²) in [6, 6.07) is 4.14. The van der Waals surface area contributed by atoms with E-state index in [0.29, 0.717) is 25.2 Å². The molecule has 2 aliphatic rings. The van der Waals surface area contributed by atoms with Crippen molar-refractivity contribution in [1.82, 2.24) is 15.1 Å². The number of aliphatic hydroxyl groups excluding tert-OH is 1. The van der Waals surface area contributed by atoms with Crippen LogP contribution >= 0.6 is 0 Å². The molecule has 2 aliphatic heterocycles. The smallest absolute Gasteiger partial charge is 0.410 e. The van der Waals surface area contributed by atoms with Gasteiger partial charge in [-0.05, 0) is 38.5 Å². The van der Waals surface area contributed by atoms with Gasteiger partial charge in [0.25, 0.3) is 5.91 Å². The van der Waals surface area contributed by atoms with Gasteiger partial charge in [0.1, 0.15) is 11.4 Å². The summed E-state index contributed by atoms with van der Waals surface area (Å²) in [5, 5.41) is 12.1. The number of hydrogen-bond acceptors (Lipinski definition) is 5. The van der Waals surface area contributed by atoms with E-state index in [1.165, 1.54) is 21.9 Å². The molecule has 1 aromatic carbocycles. The summed E-state index contributed by atoms with van der Waals surface area (Å²) < 4.78 is 20.1. The normalized spacial score (nSPS) is 22.1. The Kier molecular flexibility index (Phi) is 6.30. The van der Waals surface area contributed by atoms with Crippen molar-refractivity contribution in [1.29, 1.82) is 0 Å². The molecule has 0 saturated carbocycles. The van der Waals surface area contributed by atoms with Crippen LogP contribution in [0, 0.1) is 11.7 Å². The lowest BCUT2D eigenvalue weighted by molar-refractivity contribution is -0.120. The fraction of sp³-hybridized carbons (Fsp3) is 0.571. The van der Waals surface area contributed by atoms with E-state index >= 15 is 0 Å². The van der Waals surface area contributed by atoms with E-state index in [1.54, 1.807) is 26.8 Å². The standard InChI is InChI=1S/C21H28FN3O5/c1-21(2,3)30-20(29)25-8-6-24(7-9-25)19(28)15-5-4-13(10-16(15)22)17-14(12-26)11-23-18(17)27/h4-5,10,14,17,26H,6-9,11-12H2,1-3H3,(H,23,27)/t14?,17-/m0/s1. The van der Waals surface area contributed by atoms with E-state index in [4.69, 9.17) is 4.74 Å². The topological polar surface area (TPSA) is 99.2 Å². The molecule has 3 rings (SSSR count). The first-order chi connectivity index (χ1) is 14.1. The number of benzene rings is 1. The van der Waals surface area contributed by atoms with Crippen LogP contribution in [0.3, 0.4) is 0 Å². The lowest BCUT2D eigenvalue weighted by atomic mass is 9.88. The molecule has 164 valence electrons. The van der Waals surface area contributed by atoms with E-state index in [0.717, 1.165) is 0 Å². The predicted octanol–water partition coefficient (Wildman–Crippen LogP) is 1.34. The number of hydrogen-bond donors (Lipinski definition) is 2. The Labute approximate surface area is 175 Å². The third kappa shape index (κ3) is 4.72. The number of amides is 3. The molecular weight excluding hydrogens is 393 g/mol. The molecule has 2 saturated heterocycles. The zero-order valence-corrected chi connectivity index (χ0v) is 17.5. The number of piperazine rings is 1. The first-order valence-electron chi connectivity index (χ1n) is 10.1. The average molecular weight is 421 g/mol. The van der Waals surface area contributed by atoms with Gasteiger partial charge in [-0.25, -0.2) is 9.18 Å². The Bertz CT molecular complexity index is 830. The van der Waals surface area contributed by atoms with Crippen molar-refractivity contribution in [3.05, 3.63) is 35.1 Å². The minimum Gasteiger partial charge on any atom is -0.444 e. The monoisotopic (exact) mass is 421 g/mol. The maximum Gasteiger partial charge on any atom is 0.410 e. The summed E-state index contributed by atoms with van der Waals surface area (Å²) in [6.45, 7) is 6.67. The van der Waals surface area contributed by atoms with Crippen LogP contribution in [0.25, 0.3) is 0 Å². The number of ether oxygens (including phenoxy) is 1. The highest BCUT2D eigenvalue weighted by atomic mass is 19.1. The van der Waals surface area contributed by atoms with Crippen LogP contribution in [0.1, 0.15) is 42.6 Å². The fourth-order valence-corrected chi connectivity index (χ4v) is 3.75. The first kappa shape index (κ1) is 22.0. The molecule has 0 bridgehead atoms. The largest absolute Gasteiger partial charge is 0.444 e. The molecule has 2 N–H and O–H groups in total. The SMILES string of the molecule is CC(C)(C)OC(=O)N1CCN(C(=O)c2ccc([C@@H]3C(=O)NCC3CO)cc2F)CC1. The Balaban J connectivity index is 1.65. The maximum absolute atomic E-state index is 14.7. The van der Waals surface area contributed by atoms with Gasteiger partial charge in [0.2, 0.25) is 5.91 Å². The predicted molar refractivity (Wildman–Crippen MR) is 106 cm³/mol. The first-order valence-corrected chi connectivity index (χ1v) is 10.1. The van der Waals surface area contributed by atoms with Gasteiger partial charge >= 0.3 is 6.09 Å². The van der Waals surface area contributed by atoms with Gasteiger partial charge < -0.3 is 25.0 Å². The summed E-state index contributed by atoms with van der Waals surface area (Å²) in [5.74, 6) is -2.38. The number of carbonyl (C=O) groups excluding carboxylic acids is 3. The van der Waals surface area contributed by atoms with Crippen LogP contribution in [0.2, 0.25) is 0 Å². The van der Waals surface area contributed by atoms with Gasteiger partial charge in [-0.15, -0.1) is 0 Å². The Hall–Kier alpha value is -2.68. The molecule has 8 nitrogen and oxygen atoms in total. The van der Waals surface area contributed by atoms with Crippen molar-refractivity contribution in [2.45, 2.75) is 32.3 Å². The van der Waals surface area contributed by atoms with Crippen LogP contribution in [0.5, 0.6) is 0 Å². The molecular formula is C21H28FN3O5. The number of nitrogens with one attached hydrogen (secondary N) is 1. The van der Waals surface area contributed by atoms with Crippen molar-refractivity contribution < 1.29 is 28.6 Å². The number of halogens is 1. The van der Waals surface area contributed by atoms with E-state index in [9.17, 15) is 23.9 Å². The summed E-state index contributed by atoms with van der Waals surface area (Å²) in [6.07, 6.45) is -0.432. The Morgan fingerprint density at radius 2 is 1.83 bits per heavy atom. The highest BCUT2D eigenvalue weighted by Crippen LogP contribution is 2.30. The Morgan fingerprint density at radius 1 is 1.20 bits per heavy atom. The summed E-state index contributed by atoms with van der Waals surface area (Å²) in [5.41, 5.74) is -0.239. The molecule has 9 heteroatoms. The van der Waals surface area contributed by atoms with E-state index in [2.05, 4.69) is 5.32 Å². The molecule has 3 amide bonds. The summed E-state index contributed by atoms with van der Waals surface area (Å²) >= 11 is 0. The van der Waals surface area contributed by atoms with Gasteiger partial charge in [-0.1, -0.05) is 6.07 Å². The van der Waals surface area contributed by atoms with Crippen molar-refractivity contribution in [3.63, 3.8) is 0 Å². The van der Waals surface area contributed by atoms with Gasteiger partial charge in [-0.3, -0.25) is 9.59 Å². The van der Waals surface area contributed by atoms with Crippen molar-refractivity contribution >= 4 is 17.9 Å². The lowest BCUT2D eigenvalue weighted by Crippen LogP contribution is -2.51. The van der Waals surface area contributed by atoms with Crippen molar-refractivity contribution in [2.75, 3.05) is 39.3 Å². The van der Waals surface area contributed by atoms with E-state index in [1.807, 2.05) is 0 Å². The Morgan fingerprint density at radius 3 is 2.40 bits per heavy atom. The third-order valence-electron chi connectivity index (χ3n) is 5.33. The fourth-order valence-electron chi connectivity index (χ4n) is 3.75. The van der Waals surface area contributed by atoms with Crippen LogP contribution in [0.15, 0.2) is 18.2 Å². The highest BCUT2D eigenvalue weighted by Gasteiger charge is 2.36. The highest BCUT2D eigenvalue weighted by molar-refractivity contribution is 5.95. The minimum atomic E-state index is -0.705. The number of nitrogens with zero attached hydrogens (tertiary/aromatic N) is 2. The lowest BCUT2D eigenvalue weighted by Gasteiger charge is -2.35.